The highest BCUT2D eigenvalue weighted by Gasteiger charge is 2.14. The molecule has 0 radical (unpaired) electrons. The van der Waals surface area contributed by atoms with E-state index in [-0.39, 0.29) is 11.7 Å². The zero-order valence-electron chi connectivity index (χ0n) is 13.5. The number of benzene rings is 1. The minimum atomic E-state index is -0.0697. The molecule has 1 fully saturated rings. The van der Waals surface area contributed by atoms with E-state index < -0.39 is 0 Å². The van der Waals surface area contributed by atoms with Crippen LogP contribution in [0.1, 0.15) is 18.4 Å². The van der Waals surface area contributed by atoms with Crippen molar-refractivity contribution in [3.8, 4) is 0 Å². The molecule has 5 nitrogen and oxygen atoms in total. The van der Waals surface area contributed by atoms with Gasteiger partial charge in [0.15, 0.2) is 5.16 Å². The first-order chi connectivity index (χ1) is 11.6. The molecule has 24 heavy (non-hydrogen) atoms. The van der Waals surface area contributed by atoms with Gasteiger partial charge in [-0.3, -0.25) is 4.79 Å². The first-order valence-electron chi connectivity index (χ1n) is 7.88. The number of aromatic nitrogens is 2. The summed E-state index contributed by atoms with van der Waals surface area (Å²) in [7, 11) is 0. The van der Waals surface area contributed by atoms with Crippen LogP contribution in [-0.2, 0) is 4.79 Å². The fraction of sp³-hybridized carbons (Fsp3) is 0.353. The molecule has 0 spiro atoms. The van der Waals surface area contributed by atoms with Gasteiger partial charge in [-0.05, 0) is 59.5 Å². The molecule has 0 aliphatic carbocycles. The molecule has 3 rings (SSSR count). The van der Waals surface area contributed by atoms with E-state index in [0.29, 0.717) is 5.16 Å². The van der Waals surface area contributed by atoms with Crippen LogP contribution in [0.25, 0.3) is 0 Å². The average molecular weight is 407 g/mol. The van der Waals surface area contributed by atoms with Crippen LogP contribution in [-0.4, -0.2) is 34.7 Å². The smallest absolute Gasteiger partial charge is 0.234 e. The second-order valence-corrected chi connectivity index (χ2v) is 7.51. The largest absolute Gasteiger partial charge is 0.356 e. The lowest BCUT2D eigenvalue weighted by Gasteiger charge is -2.16. The Morgan fingerprint density at radius 1 is 1.33 bits per heavy atom. The van der Waals surface area contributed by atoms with Crippen LogP contribution in [0, 0.1) is 6.92 Å². The minimum absolute atomic E-state index is 0.0697. The highest BCUT2D eigenvalue weighted by atomic mass is 79.9. The Labute approximate surface area is 154 Å². The third-order valence-electron chi connectivity index (χ3n) is 3.78. The molecular formula is C17H19BrN4OS. The number of rotatable bonds is 5. The van der Waals surface area contributed by atoms with Crippen LogP contribution in [0.15, 0.2) is 40.1 Å². The number of amides is 1. The lowest BCUT2D eigenvalue weighted by Crippen LogP contribution is -2.19. The molecule has 1 N–H and O–H groups in total. The van der Waals surface area contributed by atoms with Crippen LogP contribution in [0.5, 0.6) is 0 Å². The van der Waals surface area contributed by atoms with E-state index >= 15 is 0 Å². The summed E-state index contributed by atoms with van der Waals surface area (Å²) in [4.78, 5) is 23.2. The third kappa shape index (κ3) is 4.48. The highest BCUT2D eigenvalue weighted by Crippen LogP contribution is 2.24. The maximum atomic E-state index is 12.1. The maximum absolute atomic E-state index is 12.1. The topological polar surface area (TPSA) is 58.1 Å². The Morgan fingerprint density at radius 2 is 2.12 bits per heavy atom. The third-order valence-corrected chi connectivity index (χ3v) is 5.30. The predicted molar refractivity (Wildman–Crippen MR) is 102 cm³/mol. The zero-order valence-corrected chi connectivity index (χ0v) is 15.9. The van der Waals surface area contributed by atoms with Gasteiger partial charge in [-0.15, -0.1) is 0 Å². The molecule has 2 aromatic rings. The van der Waals surface area contributed by atoms with Crippen molar-refractivity contribution in [1.29, 1.82) is 0 Å². The molecule has 1 aromatic heterocycles. The van der Waals surface area contributed by atoms with E-state index in [1.54, 1.807) is 6.20 Å². The number of carbonyl (C=O) groups excluding carboxylic acids is 1. The normalized spacial score (nSPS) is 14.0. The van der Waals surface area contributed by atoms with Gasteiger partial charge in [-0.25, -0.2) is 9.97 Å². The Kier molecular flexibility index (Phi) is 5.73. The molecule has 2 heterocycles. The van der Waals surface area contributed by atoms with Crippen LogP contribution in [0.4, 0.5) is 11.5 Å². The first kappa shape index (κ1) is 17.2. The standard InChI is InChI=1S/C17H19BrN4OS/c1-12-4-5-14(13(18)10-12)20-16(23)11-24-17-19-7-6-15(21-17)22-8-2-3-9-22/h4-7,10H,2-3,8-9,11H2,1H3,(H,20,23). The Morgan fingerprint density at radius 3 is 2.88 bits per heavy atom. The van der Waals surface area contributed by atoms with Gasteiger partial charge in [0.25, 0.3) is 0 Å². The summed E-state index contributed by atoms with van der Waals surface area (Å²) >= 11 is 4.82. The highest BCUT2D eigenvalue weighted by molar-refractivity contribution is 9.10. The van der Waals surface area contributed by atoms with Crippen molar-refractivity contribution in [3.63, 3.8) is 0 Å². The summed E-state index contributed by atoms with van der Waals surface area (Å²) in [5.41, 5.74) is 1.92. The van der Waals surface area contributed by atoms with E-state index in [0.717, 1.165) is 34.6 Å². The fourth-order valence-electron chi connectivity index (χ4n) is 2.56. The summed E-state index contributed by atoms with van der Waals surface area (Å²) < 4.78 is 0.883. The number of anilines is 2. The lowest BCUT2D eigenvalue weighted by molar-refractivity contribution is -0.113. The molecule has 0 bridgehead atoms. The maximum Gasteiger partial charge on any atom is 0.234 e. The molecule has 126 valence electrons. The van der Waals surface area contributed by atoms with Crippen LogP contribution >= 0.6 is 27.7 Å². The van der Waals surface area contributed by atoms with Gasteiger partial charge in [-0.1, -0.05) is 17.8 Å². The van der Waals surface area contributed by atoms with Crippen molar-refractivity contribution in [3.05, 3.63) is 40.5 Å². The van der Waals surface area contributed by atoms with Gasteiger partial charge in [-0.2, -0.15) is 0 Å². The molecule has 0 unspecified atom stereocenters. The van der Waals surface area contributed by atoms with Gasteiger partial charge in [0.1, 0.15) is 5.82 Å². The van der Waals surface area contributed by atoms with Crippen molar-refractivity contribution in [1.82, 2.24) is 9.97 Å². The summed E-state index contributed by atoms with van der Waals surface area (Å²) in [6.07, 6.45) is 4.18. The number of hydrogen-bond acceptors (Lipinski definition) is 5. The van der Waals surface area contributed by atoms with Gasteiger partial charge < -0.3 is 10.2 Å². The molecule has 1 amide bonds. The zero-order chi connectivity index (χ0) is 16.9. The number of halogens is 1. The SMILES string of the molecule is Cc1ccc(NC(=O)CSc2nccc(N3CCCC3)n2)c(Br)c1. The molecular weight excluding hydrogens is 388 g/mol. The predicted octanol–water partition coefficient (Wildman–Crippen LogP) is 3.88. The molecule has 0 saturated carbocycles. The van der Waals surface area contributed by atoms with Crippen LogP contribution < -0.4 is 10.2 Å². The number of nitrogens with zero attached hydrogens (tertiary/aromatic N) is 3. The molecule has 0 atom stereocenters. The average Bonchev–Trinajstić information content (AvgIpc) is 3.10. The van der Waals surface area contributed by atoms with Crippen molar-refractivity contribution < 1.29 is 4.79 Å². The van der Waals surface area contributed by atoms with Crippen molar-refractivity contribution in [2.24, 2.45) is 0 Å². The van der Waals surface area contributed by atoms with E-state index in [1.165, 1.54) is 24.6 Å². The van der Waals surface area contributed by atoms with E-state index in [1.807, 2.05) is 31.2 Å². The van der Waals surface area contributed by atoms with Crippen LogP contribution in [0.3, 0.4) is 0 Å². The van der Waals surface area contributed by atoms with E-state index in [2.05, 4.69) is 36.1 Å². The number of hydrogen-bond donors (Lipinski definition) is 1. The van der Waals surface area contributed by atoms with Gasteiger partial charge in [0.05, 0.1) is 11.4 Å². The monoisotopic (exact) mass is 406 g/mol. The summed E-state index contributed by atoms with van der Waals surface area (Å²) in [6, 6.07) is 7.77. The Balaban J connectivity index is 1.57. The second-order valence-electron chi connectivity index (χ2n) is 5.71. The van der Waals surface area contributed by atoms with E-state index in [9.17, 15) is 4.79 Å². The summed E-state index contributed by atoms with van der Waals surface area (Å²) in [6.45, 7) is 4.10. The molecule has 1 saturated heterocycles. The summed E-state index contributed by atoms with van der Waals surface area (Å²) in [5.74, 6) is 1.16. The van der Waals surface area contributed by atoms with E-state index in [4.69, 9.17) is 0 Å². The number of thioether (sulfide) groups is 1. The molecule has 7 heteroatoms. The van der Waals surface area contributed by atoms with Crippen molar-refractivity contribution >= 4 is 45.1 Å². The molecule has 1 aliphatic rings. The Hall–Kier alpha value is -1.60. The van der Waals surface area contributed by atoms with Gasteiger partial charge >= 0.3 is 0 Å². The number of nitrogens with one attached hydrogen (secondary N) is 1. The second kappa shape index (κ2) is 7.98. The van der Waals surface area contributed by atoms with Crippen molar-refractivity contribution in [2.45, 2.75) is 24.9 Å². The quantitative estimate of drug-likeness (QED) is 0.602. The fourth-order valence-corrected chi connectivity index (χ4v) is 3.78. The Bertz CT molecular complexity index is 734. The van der Waals surface area contributed by atoms with Crippen LogP contribution in [0.2, 0.25) is 0 Å². The van der Waals surface area contributed by atoms with Crippen molar-refractivity contribution in [2.75, 3.05) is 29.1 Å². The number of aryl methyl sites for hydroxylation is 1. The number of carbonyl (C=O) groups is 1. The lowest BCUT2D eigenvalue weighted by atomic mass is 10.2. The molecule has 1 aromatic carbocycles. The molecule has 1 aliphatic heterocycles. The first-order valence-corrected chi connectivity index (χ1v) is 9.66. The minimum Gasteiger partial charge on any atom is -0.356 e. The summed E-state index contributed by atoms with van der Waals surface area (Å²) in [5, 5.41) is 3.54. The van der Waals surface area contributed by atoms with Gasteiger partial charge in [0, 0.05) is 23.8 Å². The van der Waals surface area contributed by atoms with Gasteiger partial charge in [0.2, 0.25) is 5.91 Å².